The molecule has 8 bridgehead atoms. The quantitative estimate of drug-likeness (QED) is 0.127. The number of aromatic nitrogens is 4. The minimum absolute atomic E-state index is 0. The first kappa shape index (κ1) is 64.2. The molecule has 0 radical (unpaired) electrons. The van der Waals surface area contributed by atoms with E-state index in [9.17, 15) is 19.8 Å². The number of hydrogen-bond acceptors (Lipinski definition) is 4. The van der Waals surface area contributed by atoms with Crippen LogP contribution in [0.3, 0.4) is 0 Å². The predicted octanol–water partition coefficient (Wildman–Crippen LogP) is 16.3. The van der Waals surface area contributed by atoms with Crippen molar-refractivity contribution in [2.24, 2.45) is 21.7 Å². The topological polar surface area (TPSA) is 134 Å². The Kier molecular flexibility index (Phi) is 16.0. The number of H-pyrrole nitrogens is 2. The largest absolute Gasteiger partial charge is 2.00 e. The van der Waals surface area contributed by atoms with Gasteiger partial charge in [-0.05, 0) is 161 Å². The smallest absolute Gasteiger partial charge is 0.657 e. The summed E-state index contributed by atoms with van der Waals surface area (Å²) in [5.74, 6) is 0.654. The Morgan fingerprint density at radius 2 is 0.576 bits per heavy atom. The van der Waals surface area contributed by atoms with Gasteiger partial charge in [0, 0.05) is 67.3 Å². The molecule has 2 aliphatic carbocycles. The number of allylic oxidation sites excluding steroid dienone is 10. The SMILES string of the molecule is CC(C)(C)C1=CC(=C2c3ccc([n-]3)C(=C3C=C(C(C)(C)C)C(=O)C(C(C)(C)C)=C3)c3ccc([nH]3)C(c3cc(C(C)(C)C)c(O)c(C(C)(C)C)c3)=c3ccc([n-]3)=C(c3cc(C(C)(C)C)c(O)c(C(C)(C)C)c3)c3ccc2[nH]3)C=C(C(C)(C)C)C1=O.[Ni+2]. The van der Waals surface area contributed by atoms with Crippen molar-refractivity contribution in [3.8, 4) is 11.5 Å². The molecule has 5 heterocycles. The minimum Gasteiger partial charge on any atom is -0.657 e. The molecule has 0 saturated carbocycles. The summed E-state index contributed by atoms with van der Waals surface area (Å²) < 4.78 is 0. The van der Waals surface area contributed by atoms with Crippen molar-refractivity contribution < 1.29 is 36.3 Å². The van der Waals surface area contributed by atoms with Crippen molar-refractivity contribution in [2.45, 2.75) is 188 Å². The van der Waals surface area contributed by atoms with Crippen LogP contribution in [-0.2, 0) is 47.7 Å². The predicted molar refractivity (Wildman–Crippen MR) is 347 cm³/mol. The van der Waals surface area contributed by atoms with Gasteiger partial charge in [-0.2, -0.15) is 0 Å². The van der Waals surface area contributed by atoms with Crippen LogP contribution in [0.5, 0.6) is 11.5 Å². The van der Waals surface area contributed by atoms with Crippen molar-refractivity contribution in [3.63, 3.8) is 0 Å². The maximum absolute atomic E-state index is 14.7. The molecule has 0 saturated heterocycles. The average molecular weight is 1180 g/mol. The molecule has 3 aliphatic rings. The summed E-state index contributed by atoms with van der Waals surface area (Å²) in [4.78, 5) is 48.8. The molecule has 85 heavy (non-hydrogen) atoms. The summed E-state index contributed by atoms with van der Waals surface area (Å²) in [6, 6.07) is 25.3. The zero-order chi connectivity index (χ0) is 62.3. The van der Waals surface area contributed by atoms with Crippen molar-refractivity contribution in [1.29, 1.82) is 0 Å². The van der Waals surface area contributed by atoms with Gasteiger partial charge in [-0.25, -0.2) is 0 Å². The fourth-order valence-corrected chi connectivity index (χ4v) is 12.0. The van der Waals surface area contributed by atoms with Gasteiger partial charge in [0.25, 0.3) is 0 Å². The number of nitrogens with zero attached hydrogens (tertiary/aromatic N) is 2. The first-order chi connectivity index (χ1) is 38.3. The molecule has 4 aromatic heterocycles. The van der Waals surface area contributed by atoms with Crippen LogP contribution in [0.1, 0.15) is 234 Å². The molecule has 0 fully saturated rings. The van der Waals surface area contributed by atoms with Crippen molar-refractivity contribution >= 4 is 33.9 Å². The summed E-state index contributed by atoms with van der Waals surface area (Å²) in [5.41, 5.74) is 14.0. The van der Waals surface area contributed by atoms with Crippen LogP contribution in [0.2, 0.25) is 0 Å². The number of ketones is 2. The van der Waals surface area contributed by atoms with Crippen molar-refractivity contribution in [2.75, 3.05) is 0 Å². The Morgan fingerprint density at radius 3 is 0.812 bits per heavy atom. The standard InChI is InChI=1S/C76H94N4O4.Ni/c1-69(2,3)45-33-41(34-46(65(45)81)70(4,5)6)61-53-25-27-55(77-53)62(42-35-47(71(7,8)9)66(82)48(36-42)72(10,11)12)57-29-31-59(79-57)64(44-39-51(75(19,20)21)68(84)52(40-44)76(22,23)24)60-32-30-58(80-60)63(56-28-26-54(61)78-56)43-37-49(73(13,14)15)67(83)50(38-43)74(16,17)18;/h25-40H,1-24H3,(H6,77,78,79,80,81,82,83,84);/q;+2/p-2. The van der Waals surface area contributed by atoms with Gasteiger partial charge in [-0.3, -0.25) is 9.59 Å². The van der Waals surface area contributed by atoms with E-state index < -0.39 is 43.3 Å². The van der Waals surface area contributed by atoms with Crippen LogP contribution in [0.4, 0.5) is 0 Å². The zero-order valence-electron chi connectivity index (χ0n) is 55.2. The molecule has 9 heteroatoms. The van der Waals surface area contributed by atoms with Gasteiger partial charge in [0.05, 0.1) is 0 Å². The number of benzene rings is 2. The number of rotatable bonds is 2. The van der Waals surface area contributed by atoms with Gasteiger partial charge in [-0.1, -0.05) is 190 Å². The number of carbonyl (C=O) groups excluding carboxylic acids is 2. The van der Waals surface area contributed by atoms with Crippen LogP contribution in [0.25, 0.3) is 22.3 Å². The second-order valence-corrected chi connectivity index (χ2v) is 32.1. The number of Topliss-reactive ketones (excluding diaryl/α,β-unsaturated/α-hetero) is 2. The van der Waals surface area contributed by atoms with E-state index in [1.807, 2.05) is 0 Å². The van der Waals surface area contributed by atoms with Gasteiger partial charge >= 0.3 is 16.5 Å². The van der Waals surface area contributed by atoms with Crippen molar-refractivity contribution in [1.82, 2.24) is 19.9 Å². The third kappa shape index (κ3) is 12.2. The fourth-order valence-electron chi connectivity index (χ4n) is 12.0. The van der Waals surface area contributed by atoms with E-state index in [0.29, 0.717) is 11.4 Å². The molecule has 450 valence electrons. The van der Waals surface area contributed by atoms with Gasteiger partial charge < -0.3 is 30.1 Å². The number of carbonyl (C=O) groups is 2. The Bertz CT molecular complexity index is 3660. The van der Waals surface area contributed by atoms with Crippen LogP contribution >= 0.6 is 0 Å². The van der Waals surface area contributed by atoms with Gasteiger partial charge in [0.1, 0.15) is 11.5 Å². The summed E-state index contributed by atoms with van der Waals surface area (Å²) in [7, 11) is 0. The van der Waals surface area contributed by atoms with E-state index in [2.05, 4.69) is 273 Å². The van der Waals surface area contributed by atoms with Crippen LogP contribution in [0, 0.1) is 21.7 Å². The van der Waals surface area contributed by atoms with E-state index in [1.54, 1.807) is 0 Å². The Morgan fingerprint density at radius 1 is 0.329 bits per heavy atom. The Labute approximate surface area is 516 Å². The Hall–Kier alpha value is -6.83. The molecule has 9 rings (SSSR count). The Balaban J connectivity index is 0.00000940. The van der Waals surface area contributed by atoms with E-state index in [1.165, 1.54) is 0 Å². The molecule has 1 aliphatic heterocycles. The van der Waals surface area contributed by atoms with Crippen LogP contribution < -0.4 is 20.7 Å². The summed E-state index contributed by atoms with van der Waals surface area (Å²) in [6.45, 7) is 50.8. The summed E-state index contributed by atoms with van der Waals surface area (Å²) >= 11 is 0. The number of nitrogens with one attached hydrogen (secondary N) is 2. The molecule has 4 N–H and O–H groups in total. The number of fused-ring (bicyclic) bond motifs is 8. The van der Waals surface area contributed by atoms with E-state index in [0.717, 1.165) is 123 Å². The van der Waals surface area contributed by atoms with E-state index >= 15 is 0 Å². The molecule has 6 aromatic rings. The number of phenolic OH excluding ortho intramolecular Hbond substituents is 2. The molecular weight excluding hydrogens is 1090 g/mol. The molecule has 0 spiro atoms. The minimum atomic E-state index is -0.484. The third-order valence-electron chi connectivity index (χ3n) is 16.8. The first-order valence-electron chi connectivity index (χ1n) is 30.0. The summed E-state index contributed by atoms with van der Waals surface area (Å²) in [5, 5.41) is 25.8. The average Bonchev–Trinajstić information content (AvgIpc) is 2.63. The molecular formula is C76H92N4NiO4. The van der Waals surface area contributed by atoms with Crippen LogP contribution in [-0.4, -0.2) is 31.7 Å². The molecule has 8 nitrogen and oxygen atoms in total. The fraction of sp³-hybridized carbons (Fsp3) is 0.421. The molecule has 0 atom stereocenters. The second kappa shape index (κ2) is 21.2. The monoisotopic (exact) mass is 1180 g/mol. The van der Waals surface area contributed by atoms with E-state index in [4.69, 9.17) is 9.97 Å². The summed E-state index contributed by atoms with van der Waals surface area (Å²) in [6.07, 6.45) is 8.27. The first-order valence-corrected chi connectivity index (χ1v) is 30.0. The van der Waals surface area contributed by atoms with Gasteiger partial charge in [0.2, 0.25) is 0 Å². The number of hydrogen-bond donors (Lipinski definition) is 4. The normalized spacial score (nSPS) is 16.2. The van der Waals surface area contributed by atoms with Crippen LogP contribution in [0.15, 0.2) is 131 Å². The van der Waals surface area contributed by atoms with Gasteiger partial charge in [-0.15, -0.1) is 22.1 Å². The maximum Gasteiger partial charge on any atom is 2.00 e. The third-order valence-corrected chi connectivity index (χ3v) is 16.8. The van der Waals surface area contributed by atoms with Crippen molar-refractivity contribution in [3.05, 3.63) is 209 Å². The number of aromatic hydroxyl groups is 2. The number of phenols is 2. The molecule has 0 unspecified atom stereocenters. The molecule has 2 aromatic carbocycles. The number of aromatic amines is 2. The maximum atomic E-state index is 14.7. The second-order valence-electron chi connectivity index (χ2n) is 32.1. The van der Waals surface area contributed by atoms with E-state index in [-0.39, 0.29) is 39.6 Å². The van der Waals surface area contributed by atoms with Gasteiger partial charge in [0.15, 0.2) is 11.6 Å². The molecule has 0 amide bonds. The zero-order valence-corrected chi connectivity index (χ0v) is 56.1.